The zero-order valence-corrected chi connectivity index (χ0v) is 22.3. The second-order valence-corrected chi connectivity index (χ2v) is 12.1. The Labute approximate surface area is 224 Å². The van der Waals surface area contributed by atoms with Crippen LogP contribution in [0, 0.1) is 5.92 Å². The van der Waals surface area contributed by atoms with Crippen molar-refractivity contribution in [3.8, 4) is 0 Å². The number of hydrogen-bond donors (Lipinski definition) is 4. The van der Waals surface area contributed by atoms with Gasteiger partial charge in [0.1, 0.15) is 11.0 Å². The van der Waals surface area contributed by atoms with Crippen molar-refractivity contribution in [1.29, 1.82) is 0 Å². The van der Waals surface area contributed by atoms with Gasteiger partial charge < -0.3 is 31.4 Å². The van der Waals surface area contributed by atoms with Crippen LogP contribution in [0.2, 0.25) is 0 Å². The zero-order valence-electron chi connectivity index (χ0n) is 21.5. The molecule has 6 N–H and O–H groups in total. The number of rotatable bonds is 11. The van der Waals surface area contributed by atoms with E-state index in [9.17, 15) is 18.3 Å². The van der Waals surface area contributed by atoms with Crippen molar-refractivity contribution in [3.63, 3.8) is 0 Å². The largest absolute Gasteiger partial charge is 0.444 e. The summed E-state index contributed by atoms with van der Waals surface area (Å²) in [6.07, 6.45) is 2.58. The maximum atomic E-state index is 13.8. The van der Waals surface area contributed by atoms with Gasteiger partial charge in [0.2, 0.25) is 10.0 Å². The third kappa shape index (κ3) is 7.37. The smallest absolute Gasteiger partial charge is 0.407 e. The van der Waals surface area contributed by atoms with Gasteiger partial charge >= 0.3 is 6.09 Å². The number of nitrogens with zero attached hydrogens (tertiary/aromatic N) is 1. The minimum atomic E-state index is -4.05. The number of aliphatic hydroxyl groups excluding tert-OH is 1. The Kier molecular flexibility index (Phi) is 9.48. The van der Waals surface area contributed by atoms with Crippen LogP contribution in [-0.2, 0) is 25.9 Å². The monoisotopic (exact) mass is 546 g/mol. The number of carbonyl (C=O) groups is 1. The molecule has 4 rings (SSSR count). The van der Waals surface area contributed by atoms with Crippen LogP contribution in [-0.4, -0.2) is 68.5 Å². The number of hydrogen-bond acceptors (Lipinski definition) is 8. The number of nitrogen functional groups attached to an aromatic ring is 2. The summed E-state index contributed by atoms with van der Waals surface area (Å²) in [5.41, 5.74) is 13.1. The van der Waals surface area contributed by atoms with E-state index in [1.165, 1.54) is 22.5 Å². The minimum Gasteiger partial charge on any atom is -0.444 e. The van der Waals surface area contributed by atoms with E-state index in [1.807, 2.05) is 30.3 Å². The second kappa shape index (κ2) is 12.8. The molecule has 0 aromatic heterocycles. The van der Waals surface area contributed by atoms with Gasteiger partial charge in [-0.05, 0) is 48.9 Å². The number of carbonyl (C=O) groups excluding carboxylic acids is 1. The highest BCUT2D eigenvalue weighted by Gasteiger charge is 2.34. The molecule has 1 amide bonds. The molecule has 208 valence electrons. The van der Waals surface area contributed by atoms with Crippen molar-refractivity contribution in [3.05, 3.63) is 54.1 Å². The summed E-state index contributed by atoms with van der Waals surface area (Å²) in [5, 5.41) is 14.2. The summed E-state index contributed by atoms with van der Waals surface area (Å²) < 4.78 is 39.6. The predicted octanol–water partition coefficient (Wildman–Crippen LogP) is 2.52. The van der Waals surface area contributed by atoms with E-state index < -0.39 is 28.3 Å². The highest BCUT2D eigenvalue weighted by atomic mass is 32.2. The van der Waals surface area contributed by atoms with Crippen LogP contribution in [0.15, 0.2) is 53.4 Å². The first-order valence-electron chi connectivity index (χ1n) is 13.1. The topological polar surface area (TPSA) is 157 Å². The molecule has 1 saturated carbocycles. The first-order chi connectivity index (χ1) is 18.2. The van der Waals surface area contributed by atoms with Gasteiger partial charge in [0.05, 0.1) is 31.0 Å². The number of nitrogens with one attached hydrogen (secondary N) is 1. The van der Waals surface area contributed by atoms with Crippen molar-refractivity contribution in [2.75, 3.05) is 37.8 Å². The number of sulfonamides is 1. The number of amides is 1. The third-order valence-electron chi connectivity index (χ3n) is 7.21. The molecule has 1 saturated heterocycles. The first kappa shape index (κ1) is 28.2. The van der Waals surface area contributed by atoms with Crippen molar-refractivity contribution in [1.82, 2.24) is 9.62 Å². The van der Waals surface area contributed by atoms with Crippen LogP contribution in [0.1, 0.15) is 37.7 Å². The van der Waals surface area contributed by atoms with E-state index in [-0.39, 0.29) is 35.7 Å². The van der Waals surface area contributed by atoms with Crippen molar-refractivity contribution in [2.24, 2.45) is 5.92 Å². The number of anilines is 2. The van der Waals surface area contributed by atoms with Crippen LogP contribution in [0.3, 0.4) is 0 Å². The van der Waals surface area contributed by atoms with Crippen LogP contribution < -0.4 is 16.8 Å². The number of nitrogens with two attached hydrogens (primary N) is 2. The van der Waals surface area contributed by atoms with Crippen molar-refractivity contribution < 1.29 is 27.8 Å². The van der Waals surface area contributed by atoms with Gasteiger partial charge in [-0.2, -0.15) is 4.31 Å². The summed E-state index contributed by atoms with van der Waals surface area (Å²) in [6, 6.07) is 12.9. The molecule has 3 atom stereocenters. The quantitative estimate of drug-likeness (QED) is 0.313. The lowest BCUT2D eigenvalue weighted by Crippen LogP contribution is -2.51. The highest BCUT2D eigenvalue weighted by Crippen LogP contribution is 2.30. The molecule has 2 aromatic carbocycles. The lowest BCUT2D eigenvalue weighted by Gasteiger charge is -2.31. The van der Waals surface area contributed by atoms with Gasteiger partial charge in [0.25, 0.3) is 0 Å². The summed E-state index contributed by atoms with van der Waals surface area (Å²) in [5.74, 6) is 0.180. The van der Waals surface area contributed by atoms with Gasteiger partial charge in [-0.3, -0.25) is 0 Å². The van der Waals surface area contributed by atoms with Gasteiger partial charge in [-0.15, -0.1) is 0 Å². The lowest BCUT2D eigenvalue weighted by molar-refractivity contribution is 0.0642. The van der Waals surface area contributed by atoms with Gasteiger partial charge in [-0.1, -0.05) is 43.2 Å². The number of alkyl carbamates (subject to hydrolysis) is 1. The van der Waals surface area contributed by atoms with E-state index >= 15 is 0 Å². The second-order valence-electron chi connectivity index (χ2n) is 10.2. The maximum absolute atomic E-state index is 13.8. The molecule has 0 spiro atoms. The first-order valence-corrected chi connectivity index (χ1v) is 14.6. The highest BCUT2D eigenvalue weighted by molar-refractivity contribution is 7.89. The lowest BCUT2D eigenvalue weighted by atomic mass is 10.0. The number of benzene rings is 2. The molecular weight excluding hydrogens is 508 g/mol. The van der Waals surface area contributed by atoms with Crippen molar-refractivity contribution in [2.45, 2.75) is 61.7 Å². The standard InChI is InChI=1S/C27H38N4O6S/c28-21-10-11-26(23(29)15-21)38(34,35)31(16-20-8-4-5-9-20)17-25(32)24(14-19-6-2-1-3-7-19)30-27(33)37-22-12-13-36-18-22/h1-3,6-7,10-11,15,20,22,24-25,32H,4-5,8-9,12-14,16-18,28-29H2,(H,30,33)/t22-,24?,25-/m0/s1. The fourth-order valence-corrected chi connectivity index (χ4v) is 6.75. The maximum Gasteiger partial charge on any atom is 0.407 e. The Morgan fingerprint density at radius 3 is 2.53 bits per heavy atom. The normalized spacial score (nSPS) is 19.9. The Hall–Kier alpha value is -2.86. The minimum absolute atomic E-state index is 0.0508. The van der Waals surface area contributed by atoms with E-state index in [1.54, 1.807) is 0 Å². The van der Waals surface area contributed by atoms with Crippen LogP contribution in [0.25, 0.3) is 0 Å². The van der Waals surface area contributed by atoms with Gasteiger partial charge in [-0.25, -0.2) is 13.2 Å². The Bertz CT molecular complexity index is 1170. The van der Waals surface area contributed by atoms with E-state index in [2.05, 4.69) is 5.32 Å². The summed E-state index contributed by atoms with van der Waals surface area (Å²) in [7, 11) is -4.05. The molecule has 1 heterocycles. The Morgan fingerprint density at radius 2 is 1.87 bits per heavy atom. The van der Waals surface area contributed by atoms with E-state index in [0.29, 0.717) is 31.7 Å². The van der Waals surface area contributed by atoms with Crippen molar-refractivity contribution >= 4 is 27.5 Å². The average molecular weight is 547 g/mol. The van der Waals surface area contributed by atoms with E-state index in [0.717, 1.165) is 31.2 Å². The number of aliphatic hydroxyl groups is 1. The van der Waals surface area contributed by atoms with Gasteiger partial charge in [0, 0.05) is 25.2 Å². The molecule has 11 heteroatoms. The van der Waals surface area contributed by atoms with Crippen LogP contribution >= 0.6 is 0 Å². The molecule has 1 aliphatic carbocycles. The summed E-state index contributed by atoms with van der Waals surface area (Å²) in [4.78, 5) is 12.7. The summed E-state index contributed by atoms with van der Waals surface area (Å²) in [6.45, 7) is 0.893. The molecular formula is C27H38N4O6S. The van der Waals surface area contributed by atoms with Gasteiger partial charge in [0.15, 0.2) is 0 Å². The SMILES string of the molecule is Nc1ccc(S(=O)(=O)N(CC2CCCC2)C[C@H](O)C(Cc2ccccc2)NC(=O)O[C@H]2CCOC2)c(N)c1. The van der Waals surface area contributed by atoms with Crippen LogP contribution in [0.5, 0.6) is 0 Å². The zero-order chi connectivity index (χ0) is 27.1. The van der Waals surface area contributed by atoms with E-state index in [4.69, 9.17) is 20.9 Å². The molecule has 2 aromatic rings. The molecule has 1 unspecified atom stereocenters. The molecule has 10 nitrogen and oxygen atoms in total. The molecule has 0 bridgehead atoms. The third-order valence-corrected chi connectivity index (χ3v) is 9.11. The van der Waals surface area contributed by atoms with Crippen LogP contribution in [0.4, 0.5) is 16.2 Å². The molecule has 2 aliphatic rings. The molecule has 38 heavy (non-hydrogen) atoms. The summed E-state index contributed by atoms with van der Waals surface area (Å²) >= 11 is 0. The predicted molar refractivity (Wildman–Crippen MR) is 145 cm³/mol. The Morgan fingerprint density at radius 1 is 1.13 bits per heavy atom. The molecule has 1 aliphatic heterocycles. The molecule has 2 fully saturated rings. The fraction of sp³-hybridized carbons (Fsp3) is 0.519. The average Bonchev–Trinajstić information content (AvgIpc) is 3.58. The Balaban J connectivity index is 1.56. The number of ether oxygens (including phenoxy) is 2. The fourth-order valence-electron chi connectivity index (χ4n) is 5.12. The molecule has 0 radical (unpaired) electrons.